The number of hydrogen-bond acceptors (Lipinski definition) is 7. The smallest absolute Gasteiger partial charge is 0.227 e. The van der Waals surface area contributed by atoms with Crippen molar-refractivity contribution in [3.63, 3.8) is 0 Å². The number of benzene rings is 4. The fraction of sp³-hybridized carbons (Fsp3) is 0.462. The summed E-state index contributed by atoms with van der Waals surface area (Å²) in [4.78, 5) is 30.4. The number of phenolic OH excluding ortho intramolecular Hbond substituents is 1. The Morgan fingerprint density at radius 2 is 1.63 bits per heavy atom. The Labute approximate surface area is 356 Å². The zero-order valence-corrected chi connectivity index (χ0v) is 35.6. The molecule has 3 saturated heterocycles. The normalized spacial score (nSPS) is 26.3. The van der Waals surface area contributed by atoms with Gasteiger partial charge in [-0.15, -0.1) is 0 Å². The number of rotatable bonds is 8. The van der Waals surface area contributed by atoms with E-state index in [2.05, 4.69) is 103 Å². The van der Waals surface area contributed by atoms with Crippen LogP contribution < -0.4 is 19.9 Å². The van der Waals surface area contributed by atoms with Gasteiger partial charge in [0.15, 0.2) is 5.78 Å². The molecule has 6 atom stereocenters. The van der Waals surface area contributed by atoms with Gasteiger partial charge in [0.25, 0.3) is 0 Å². The molecule has 0 aromatic heterocycles. The van der Waals surface area contributed by atoms with E-state index in [1.165, 1.54) is 40.8 Å². The third-order valence-corrected chi connectivity index (χ3v) is 14.5. The maximum absolute atomic E-state index is 13.1. The highest BCUT2D eigenvalue weighted by Gasteiger charge is 2.49. The SMILES string of the molecule is C=C1CC[C@H](C2Cc3c(ccc4c3OCC(CC)N4CCC)C2=O)C(=O)N1.CCC1COC2(C1)CN(c1ccc([C@@H]3c4ccc(O)cc4CC[C@@H]3c3ccccc3)cc1)C2. The summed E-state index contributed by atoms with van der Waals surface area (Å²) in [5.41, 5.74) is 10.4. The molecule has 4 aromatic carbocycles. The summed E-state index contributed by atoms with van der Waals surface area (Å²) in [7, 11) is 0. The van der Waals surface area contributed by atoms with E-state index in [4.69, 9.17) is 9.47 Å². The molecule has 6 aliphatic rings. The molecule has 1 amide bonds. The van der Waals surface area contributed by atoms with Crippen molar-refractivity contribution >= 4 is 23.1 Å². The van der Waals surface area contributed by atoms with E-state index >= 15 is 0 Å². The number of carbonyl (C=O) groups excluding carboxylic acids is 2. The topological polar surface area (TPSA) is 91.3 Å². The van der Waals surface area contributed by atoms with Crippen molar-refractivity contribution in [2.24, 2.45) is 17.8 Å². The van der Waals surface area contributed by atoms with Crippen molar-refractivity contribution in [2.75, 3.05) is 42.6 Å². The van der Waals surface area contributed by atoms with Crippen LogP contribution in [0.3, 0.4) is 0 Å². The average Bonchev–Trinajstić information content (AvgIpc) is 3.85. The molecule has 1 spiro atoms. The highest BCUT2D eigenvalue weighted by molar-refractivity contribution is 6.06. The van der Waals surface area contributed by atoms with E-state index in [-0.39, 0.29) is 29.1 Å². The van der Waals surface area contributed by atoms with Crippen LogP contribution in [-0.4, -0.2) is 61.3 Å². The zero-order chi connectivity index (χ0) is 41.5. The van der Waals surface area contributed by atoms with Gasteiger partial charge in [0, 0.05) is 59.9 Å². The lowest BCUT2D eigenvalue weighted by Crippen LogP contribution is -2.61. The summed E-state index contributed by atoms with van der Waals surface area (Å²) in [5.74, 6) is 2.17. The molecule has 0 radical (unpaired) electrons. The molecular formula is C52H61N3O5. The first kappa shape index (κ1) is 40.3. The second kappa shape index (κ2) is 16.8. The second-order valence-corrected chi connectivity index (χ2v) is 18.3. The van der Waals surface area contributed by atoms with E-state index in [1.54, 1.807) is 0 Å². The third-order valence-electron chi connectivity index (χ3n) is 14.5. The third kappa shape index (κ3) is 7.50. The van der Waals surface area contributed by atoms with Crippen LogP contribution >= 0.6 is 0 Å². The highest BCUT2D eigenvalue weighted by atomic mass is 16.5. The predicted octanol–water partition coefficient (Wildman–Crippen LogP) is 9.73. The largest absolute Gasteiger partial charge is 0.508 e. The monoisotopic (exact) mass is 807 g/mol. The fourth-order valence-corrected chi connectivity index (χ4v) is 11.2. The van der Waals surface area contributed by atoms with E-state index in [1.807, 2.05) is 24.3 Å². The number of aryl methyl sites for hydroxylation is 1. The molecule has 8 heteroatoms. The number of nitrogens with zero attached hydrogens (tertiary/aromatic N) is 2. The number of carbonyl (C=O) groups is 2. The minimum Gasteiger partial charge on any atom is -0.508 e. The van der Waals surface area contributed by atoms with Crippen LogP contribution in [-0.2, 0) is 22.4 Å². The summed E-state index contributed by atoms with van der Waals surface area (Å²) < 4.78 is 12.4. The van der Waals surface area contributed by atoms with Crippen molar-refractivity contribution < 1.29 is 24.2 Å². The quantitative estimate of drug-likeness (QED) is 0.183. The summed E-state index contributed by atoms with van der Waals surface area (Å²) in [5, 5.41) is 12.9. The number of Topliss-reactive ketones (excluding diaryl/α,β-unsaturated/α-hetero) is 1. The summed E-state index contributed by atoms with van der Waals surface area (Å²) in [6.45, 7) is 15.1. The molecular weight excluding hydrogens is 747 g/mol. The fourth-order valence-electron chi connectivity index (χ4n) is 11.2. The van der Waals surface area contributed by atoms with Gasteiger partial charge in [-0.1, -0.05) is 82.3 Å². The molecule has 4 aromatic rings. The summed E-state index contributed by atoms with van der Waals surface area (Å²) in [6, 6.07) is 30.5. The van der Waals surface area contributed by atoms with Crippen LogP contribution in [0.5, 0.6) is 11.5 Å². The Balaban J connectivity index is 0.000000158. The second-order valence-electron chi connectivity index (χ2n) is 18.3. The molecule has 10 rings (SSSR count). The number of ether oxygens (including phenoxy) is 2. The number of ketones is 1. The molecule has 8 nitrogen and oxygen atoms in total. The van der Waals surface area contributed by atoms with Crippen LogP contribution in [0.4, 0.5) is 11.4 Å². The van der Waals surface area contributed by atoms with Crippen molar-refractivity contribution in [1.29, 1.82) is 0 Å². The minimum absolute atomic E-state index is 0.0640. The number of aromatic hydroxyl groups is 1. The van der Waals surface area contributed by atoms with Gasteiger partial charge in [0.2, 0.25) is 5.91 Å². The van der Waals surface area contributed by atoms with Crippen LogP contribution in [0, 0.1) is 17.8 Å². The molecule has 4 aliphatic heterocycles. The molecule has 0 saturated carbocycles. The van der Waals surface area contributed by atoms with Gasteiger partial charge in [-0.25, -0.2) is 0 Å². The number of nitrogens with one attached hydrogen (secondary N) is 1. The molecule has 3 fully saturated rings. The molecule has 2 aliphatic carbocycles. The number of phenols is 1. The minimum atomic E-state index is -0.285. The highest BCUT2D eigenvalue weighted by Crippen LogP contribution is 2.49. The number of allylic oxidation sites excluding steroid dienone is 1. The standard InChI is InChI=1S/C30H33NO2.C22H28N2O3/c1-2-21-17-30(33-18-21)19-31(20-30)25-11-8-23(9-12-25)29-27(22-6-4-3-5-7-22)14-10-24-16-26(32)13-15-28(24)29;1-4-10-24-14(5-2)12-27-21-18-11-17(16-7-6-13(3)23-22(16)26)20(25)15(18)8-9-19(21)24/h3-9,11-13,15-16,21,27,29,32H,2,10,14,17-20H2,1H3;8-9,14,16-17H,3-7,10-12H2,1-2H3,(H,23,26)/t21?,27-,29+;14?,16-,17?/m11/s1. The lowest BCUT2D eigenvalue weighted by Gasteiger charge is -2.48. The van der Waals surface area contributed by atoms with E-state index in [0.717, 1.165) is 92.5 Å². The van der Waals surface area contributed by atoms with Gasteiger partial charge in [-0.05, 0) is 122 Å². The summed E-state index contributed by atoms with van der Waals surface area (Å²) in [6.07, 6.45) is 8.67. The van der Waals surface area contributed by atoms with Crippen LogP contribution in [0.25, 0.3) is 0 Å². The van der Waals surface area contributed by atoms with Gasteiger partial charge >= 0.3 is 0 Å². The van der Waals surface area contributed by atoms with Gasteiger partial charge < -0.3 is 29.7 Å². The van der Waals surface area contributed by atoms with Crippen molar-refractivity contribution in [3.05, 3.63) is 131 Å². The number of amides is 1. The van der Waals surface area contributed by atoms with Crippen molar-refractivity contribution in [2.45, 2.75) is 102 Å². The maximum Gasteiger partial charge on any atom is 0.227 e. The van der Waals surface area contributed by atoms with E-state index in [0.29, 0.717) is 43.1 Å². The number of anilines is 2. The van der Waals surface area contributed by atoms with Gasteiger partial charge in [-0.3, -0.25) is 9.59 Å². The zero-order valence-electron chi connectivity index (χ0n) is 35.6. The Hall–Kier alpha value is -5.08. The molecule has 0 bridgehead atoms. The number of piperidine rings is 1. The first-order valence-corrected chi connectivity index (χ1v) is 22.6. The van der Waals surface area contributed by atoms with Gasteiger partial charge in [0.05, 0.1) is 18.3 Å². The average molecular weight is 808 g/mol. The lowest BCUT2D eigenvalue weighted by atomic mass is 9.69. The Morgan fingerprint density at radius 1 is 0.850 bits per heavy atom. The molecule has 60 heavy (non-hydrogen) atoms. The Morgan fingerprint density at radius 3 is 2.35 bits per heavy atom. The predicted molar refractivity (Wildman–Crippen MR) is 238 cm³/mol. The lowest BCUT2D eigenvalue weighted by molar-refractivity contribution is -0.126. The first-order valence-electron chi connectivity index (χ1n) is 22.6. The van der Waals surface area contributed by atoms with Crippen molar-refractivity contribution in [3.8, 4) is 11.5 Å². The van der Waals surface area contributed by atoms with E-state index in [9.17, 15) is 14.7 Å². The summed E-state index contributed by atoms with van der Waals surface area (Å²) >= 11 is 0. The van der Waals surface area contributed by atoms with E-state index < -0.39 is 0 Å². The van der Waals surface area contributed by atoms with Gasteiger partial charge in [-0.2, -0.15) is 0 Å². The molecule has 4 heterocycles. The van der Waals surface area contributed by atoms with Crippen LogP contribution in [0.15, 0.2) is 97.2 Å². The molecule has 2 N–H and O–H groups in total. The Kier molecular flexibility index (Phi) is 11.3. The maximum atomic E-state index is 13.1. The number of fused-ring (bicyclic) bond motifs is 4. The van der Waals surface area contributed by atoms with Crippen LogP contribution in [0.1, 0.15) is 116 Å². The van der Waals surface area contributed by atoms with Crippen molar-refractivity contribution in [1.82, 2.24) is 5.32 Å². The molecule has 3 unspecified atom stereocenters. The number of hydrogen-bond donors (Lipinski definition) is 2. The Bertz CT molecular complexity index is 2230. The van der Waals surface area contributed by atoms with Gasteiger partial charge in [0.1, 0.15) is 23.7 Å². The first-order chi connectivity index (χ1) is 29.2. The molecule has 314 valence electrons. The van der Waals surface area contributed by atoms with Crippen LogP contribution in [0.2, 0.25) is 0 Å².